The molecule has 0 aromatic heterocycles. The summed E-state index contributed by atoms with van der Waals surface area (Å²) in [5.74, 6) is 0. The summed E-state index contributed by atoms with van der Waals surface area (Å²) >= 11 is 0. The van der Waals surface area contributed by atoms with Crippen LogP contribution in [0.1, 0.15) is 11.1 Å². The van der Waals surface area contributed by atoms with Gasteiger partial charge in [-0.25, -0.2) is 0 Å². The molecule has 0 saturated carbocycles. The van der Waals surface area contributed by atoms with E-state index in [0.29, 0.717) is 0 Å². The molecule has 1 saturated heterocycles. The van der Waals surface area contributed by atoms with Crippen LogP contribution in [-0.2, 0) is 17.8 Å². The van der Waals surface area contributed by atoms with Crippen LogP contribution in [0.3, 0.4) is 0 Å². The highest BCUT2D eigenvalue weighted by Gasteiger charge is 2.18. The Labute approximate surface area is 96.6 Å². The molecule has 3 nitrogen and oxygen atoms in total. The molecular weight excluding hydrogens is 200 g/mol. The summed E-state index contributed by atoms with van der Waals surface area (Å²) in [6.07, 6.45) is 0. The van der Waals surface area contributed by atoms with Gasteiger partial charge in [-0.1, -0.05) is 6.07 Å². The van der Waals surface area contributed by atoms with Gasteiger partial charge in [0.25, 0.3) is 0 Å². The molecule has 0 radical (unpaired) electrons. The van der Waals surface area contributed by atoms with Gasteiger partial charge in [-0.05, 0) is 30.3 Å². The van der Waals surface area contributed by atoms with E-state index in [4.69, 9.17) is 4.74 Å². The Hall–Kier alpha value is -1.06. The van der Waals surface area contributed by atoms with E-state index in [-0.39, 0.29) is 0 Å². The minimum Gasteiger partial charge on any atom is -0.378 e. The summed E-state index contributed by atoms with van der Waals surface area (Å²) in [4.78, 5) is 4.77. The molecule has 0 spiro atoms. The standard InChI is InChI=1S/C13H18N2O/c1-14-9-11-2-3-13(8-12(11)10-14)15-4-6-16-7-5-15/h2-3,8H,4-7,9-10H2,1H3. The fraction of sp³-hybridized carbons (Fsp3) is 0.538. The molecule has 3 heteroatoms. The Morgan fingerprint density at radius 2 is 1.81 bits per heavy atom. The molecule has 0 aliphatic carbocycles. The summed E-state index contributed by atoms with van der Waals surface area (Å²) in [6, 6.07) is 6.89. The molecule has 0 atom stereocenters. The van der Waals surface area contributed by atoms with Crippen LogP contribution in [0.4, 0.5) is 5.69 Å². The lowest BCUT2D eigenvalue weighted by Crippen LogP contribution is -2.36. The monoisotopic (exact) mass is 218 g/mol. The molecule has 1 aromatic rings. The predicted octanol–water partition coefficient (Wildman–Crippen LogP) is 1.47. The number of hydrogen-bond donors (Lipinski definition) is 0. The zero-order valence-corrected chi connectivity index (χ0v) is 9.78. The van der Waals surface area contributed by atoms with Crippen LogP contribution in [0, 0.1) is 0 Å². The average molecular weight is 218 g/mol. The quantitative estimate of drug-likeness (QED) is 0.710. The molecule has 2 aliphatic heterocycles. The summed E-state index contributed by atoms with van der Waals surface area (Å²) < 4.78 is 5.38. The highest BCUT2D eigenvalue weighted by molar-refractivity contribution is 5.52. The van der Waals surface area contributed by atoms with Gasteiger partial charge in [0.05, 0.1) is 13.2 Å². The normalized spacial score (nSPS) is 21.2. The fourth-order valence-electron chi connectivity index (χ4n) is 2.57. The van der Waals surface area contributed by atoms with Crippen molar-refractivity contribution in [3.05, 3.63) is 29.3 Å². The molecule has 3 rings (SSSR count). The zero-order valence-electron chi connectivity index (χ0n) is 9.78. The van der Waals surface area contributed by atoms with Gasteiger partial charge >= 0.3 is 0 Å². The van der Waals surface area contributed by atoms with Crippen LogP contribution in [-0.4, -0.2) is 38.3 Å². The maximum absolute atomic E-state index is 5.38. The first-order valence-electron chi connectivity index (χ1n) is 5.96. The number of nitrogens with zero attached hydrogens (tertiary/aromatic N) is 2. The Morgan fingerprint density at radius 3 is 2.62 bits per heavy atom. The fourth-order valence-corrected chi connectivity index (χ4v) is 2.57. The molecule has 0 unspecified atom stereocenters. The lowest BCUT2D eigenvalue weighted by atomic mass is 10.1. The van der Waals surface area contributed by atoms with Crippen LogP contribution < -0.4 is 4.90 Å². The van der Waals surface area contributed by atoms with Crippen LogP contribution in [0.15, 0.2) is 18.2 Å². The molecule has 2 heterocycles. The summed E-state index contributed by atoms with van der Waals surface area (Å²) in [5, 5.41) is 0. The molecule has 16 heavy (non-hydrogen) atoms. The number of fused-ring (bicyclic) bond motifs is 1. The first kappa shape index (κ1) is 10.1. The molecule has 0 bridgehead atoms. The first-order valence-corrected chi connectivity index (χ1v) is 5.96. The van der Waals surface area contributed by atoms with Crippen molar-refractivity contribution in [2.75, 3.05) is 38.3 Å². The number of benzene rings is 1. The van der Waals surface area contributed by atoms with Gasteiger partial charge < -0.3 is 9.64 Å². The van der Waals surface area contributed by atoms with Crippen molar-refractivity contribution in [3.8, 4) is 0 Å². The zero-order chi connectivity index (χ0) is 11.0. The highest BCUT2D eigenvalue weighted by Crippen LogP contribution is 2.26. The smallest absolute Gasteiger partial charge is 0.0642 e. The topological polar surface area (TPSA) is 15.7 Å². The van der Waals surface area contributed by atoms with Crippen molar-refractivity contribution in [3.63, 3.8) is 0 Å². The second kappa shape index (κ2) is 4.07. The third kappa shape index (κ3) is 1.81. The van der Waals surface area contributed by atoms with E-state index in [0.717, 1.165) is 39.4 Å². The van der Waals surface area contributed by atoms with E-state index in [1.165, 1.54) is 16.8 Å². The summed E-state index contributed by atoms with van der Waals surface area (Å²) in [7, 11) is 2.18. The minimum absolute atomic E-state index is 0.858. The Balaban J connectivity index is 1.84. The van der Waals surface area contributed by atoms with Gasteiger partial charge in [-0.15, -0.1) is 0 Å². The second-order valence-electron chi connectivity index (χ2n) is 4.72. The first-order chi connectivity index (χ1) is 7.83. The van der Waals surface area contributed by atoms with Crippen molar-refractivity contribution >= 4 is 5.69 Å². The molecule has 0 N–H and O–H groups in total. The molecule has 86 valence electrons. The third-order valence-corrected chi connectivity index (χ3v) is 3.45. The van der Waals surface area contributed by atoms with Gasteiger partial charge in [-0.3, -0.25) is 4.90 Å². The van der Waals surface area contributed by atoms with E-state index in [2.05, 4.69) is 35.0 Å². The number of ether oxygens (including phenoxy) is 1. The largest absolute Gasteiger partial charge is 0.378 e. The Bertz CT molecular complexity index is 386. The van der Waals surface area contributed by atoms with E-state index in [1.807, 2.05) is 0 Å². The Morgan fingerprint density at radius 1 is 1.06 bits per heavy atom. The number of rotatable bonds is 1. The second-order valence-corrected chi connectivity index (χ2v) is 4.72. The summed E-state index contributed by atoms with van der Waals surface area (Å²) in [6.45, 7) is 5.95. The highest BCUT2D eigenvalue weighted by atomic mass is 16.5. The van der Waals surface area contributed by atoms with Crippen LogP contribution in [0.5, 0.6) is 0 Å². The maximum atomic E-state index is 5.38. The Kier molecular flexibility index (Phi) is 2.58. The van der Waals surface area contributed by atoms with Gasteiger partial charge in [0, 0.05) is 31.9 Å². The molecule has 0 amide bonds. The van der Waals surface area contributed by atoms with Gasteiger partial charge in [-0.2, -0.15) is 0 Å². The average Bonchev–Trinajstić information content (AvgIpc) is 2.69. The number of morpholine rings is 1. The van der Waals surface area contributed by atoms with Crippen molar-refractivity contribution in [1.29, 1.82) is 0 Å². The number of hydrogen-bond acceptors (Lipinski definition) is 3. The van der Waals surface area contributed by atoms with Crippen molar-refractivity contribution < 1.29 is 4.74 Å². The maximum Gasteiger partial charge on any atom is 0.0642 e. The van der Waals surface area contributed by atoms with Crippen LogP contribution >= 0.6 is 0 Å². The van der Waals surface area contributed by atoms with E-state index in [1.54, 1.807) is 0 Å². The molecule has 2 aliphatic rings. The van der Waals surface area contributed by atoms with Crippen LogP contribution in [0.25, 0.3) is 0 Å². The van der Waals surface area contributed by atoms with E-state index >= 15 is 0 Å². The van der Waals surface area contributed by atoms with Gasteiger partial charge in [0.1, 0.15) is 0 Å². The molecule has 1 fully saturated rings. The van der Waals surface area contributed by atoms with Crippen molar-refractivity contribution in [2.24, 2.45) is 0 Å². The van der Waals surface area contributed by atoms with Gasteiger partial charge in [0.15, 0.2) is 0 Å². The molecule has 1 aromatic carbocycles. The summed E-state index contributed by atoms with van der Waals surface area (Å²) in [5.41, 5.74) is 4.34. The minimum atomic E-state index is 0.858. The van der Waals surface area contributed by atoms with Crippen molar-refractivity contribution in [1.82, 2.24) is 4.90 Å². The van der Waals surface area contributed by atoms with E-state index in [9.17, 15) is 0 Å². The van der Waals surface area contributed by atoms with Crippen LogP contribution in [0.2, 0.25) is 0 Å². The lowest BCUT2D eigenvalue weighted by Gasteiger charge is -2.29. The predicted molar refractivity (Wildman–Crippen MR) is 64.6 cm³/mol. The van der Waals surface area contributed by atoms with E-state index < -0.39 is 0 Å². The van der Waals surface area contributed by atoms with Gasteiger partial charge in [0.2, 0.25) is 0 Å². The third-order valence-electron chi connectivity index (χ3n) is 3.45. The number of anilines is 1. The van der Waals surface area contributed by atoms with Crippen molar-refractivity contribution in [2.45, 2.75) is 13.1 Å². The lowest BCUT2D eigenvalue weighted by molar-refractivity contribution is 0.122. The SMILES string of the molecule is CN1Cc2ccc(N3CCOCC3)cc2C1. The molecular formula is C13H18N2O.